The molecule has 0 aromatic carbocycles. The number of thiocarbonyl (C=S) groups is 2. The zero-order valence-electron chi connectivity index (χ0n) is 7.08. The SMILES string of the molecule is NCC(NNC(=S)[S-])NC(=S)[S-].[Mn].[Zn+2]. The molecule has 0 aliphatic rings. The maximum Gasteiger partial charge on any atom is 2.00 e. The summed E-state index contributed by atoms with van der Waals surface area (Å²) in [5, 5.41) is 2.73. The van der Waals surface area contributed by atoms with Crippen LogP contribution in [-0.2, 0) is 61.8 Å². The molecule has 1 radical (unpaired) electrons. The van der Waals surface area contributed by atoms with Gasteiger partial charge in [0, 0.05) is 23.6 Å². The van der Waals surface area contributed by atoms with Crippen molar-refractivity contribution in [1.29, 1.82) is 0 Å². The summed E-state index contributed by atoms with van der Waals surface area (Å²) in [5.41, 5.74) is 10.6. The predicted octanol–water partition coefficient (Wildman–Crippen LogP) is -1.39. The van der Waals surface area contributed by atoms with Gasteiger partial charge in [-0.1, -0.05) is 4.32 Å². The summed E-state index contributed by atoms with van der Waals surface area (Å²) >= 11 is 18.5. The Bertz CT molecular complexity index is 183. The summed E-state index contributed by atoms with van der Waals surface area (Å²) in [7, 11) is 0. The average molecular weight is 361 g/mol. The fourth-order valence-electron chi connectivity index (χ4n) is 0.442. The zero-order chi connectivity index (χ0) is 9.56. The first-order chi connectivity index (χ1) is 5.56. The molecule has 1 unspecified atom stereocenters. The molecule has 0 aromatic rings. The van der Waals surface area contributed by atoms with Crippen LogP contribution in [0.2, 0.25) is 0 Å². The Morgan fingerprint density at radius 3 is 2.07 bits per heavy atom. The number of hydrogen-bond acceptors (Lipinski definition) is 6. The summed E-state index contributed by atoms with van der Waals surface area (Å²) in [4.78, 5) is 0. The maximum atomic E-state index is 5.36. The summed E-state index contributed by atoms with van der Waals surface area (Å²) in [6, 6.07) is 0. The minimum Gasteiger partial charge on any atom is -0.412 e. The van der Waals surface area contributed by atoms with Gasteiger partial charge >= 0.3 is 19.5 Å². The van der Waals surface area contributed by atoms with Gasteiger partial charge in [0.1, 0.15) is 6.17 Å². The molecule has 0 amide bonds. The molecule has 10 heteroatoms. The molecule has 0 fully saturated rings. The Hall–Kier alpha value is 1.28. The van der Waals surface area contributed by atoms with Gasteiger partial charge in [0.15, 0.2) is 0 Å². The van der Waals surface area contributed by atoms with Crippen molar-refractivity contribution in [2.75, 3.05) is 6.54 Å². The average Bonchev–Trinajstić information content (AvgIpc) is 1.97. The Balaban J connectivity index is -0.000000605. The van der Waals surface area contributed by atoms with E-state index in [0.29, 0.717) is 6.54 Å². The van der Waals surface area contributed by atoms with E-state index >= 15 is 0 Å². The second-order valence-electron chi connectivity index (χ2n) is 1.78. The van der Waals surface area contributed by atoms with E-state index in [2.05, 4.69) is 65.9 Å². The van der Waals surface area contributed by atoms with E-state index in [1.807, 2.05) is 0 Å². The van der Waals surface area contributed by atoms with Gasteiger partial charge in [-0.25, -0.2) is 5.43 Å². The molecule has 0 aromatic heterocycles. The minimum atomic E-state index is -0.254. The molecule has 0 rings (SSSR count). The Morgan fingerprint density at radius 2 is 1.79 bits per heavy atom. The Labute approximate surface area is 128 Å². The van der Waals surface area contributed by atoms with Crippen LogP contribution in [0, 0.1) is 0 Å². The molecule has 1 atom stereocenters. The van der Waals surface area contributed by atoms with Crippen molar-refractivity contribution in [2.24, 2.45) is 5.73 Å². The van der Waals surface area contributed by atoms with Crippen molar-refractivity contribution >= 4 is 58.3 Å². The molecular weight excluding hydrogens is 353 g/mol. The van der Waals surface area contributed by atoms with E-state index < -0.39 is 0 Å². The summed E-state index contributed by atoms with van der Waals surface area (Å²) in [6.07, 6.45) is -0.254. The van der Waals surface area contributed by atoms with Crippen LogP contribution in [-0.4, -0.2) is 21.4 Å². The Morgan fingerprint density at radius 1 is 1.29 bits per heavy atom. The van der Waals surface area contributed by atoms with Crippen LogP contribution < -0.4 is 21.9 Å². The second-order valence-corrected chi connectivity index (χ2v) is 3.93. The standard InChI is InChI=1S/C4H10N4S4.Mn.Zn/c5-1-2(6-3(9)10)7-8-4(11)12;;/h2,7H,1,5H2,(H2,6,9,10)(H2,8,11,12);;/q;;+2/p-2. The summed E-state index contributed by atoms with van der Waals surface area (Å²) in [5.74, 6) is 0. The molecule has 14 heavy (non-hydrogen) atoms. The van der Waals surface area contributed by atoms with E-state index in [9.17, 15) is 0 Å². The molecule has 0 spiro atoms. The van der Waals surface area contributed by atoms with Crippen molar-refractivity contribution in [2.45, 2.75) is 6.17 Å². The summed E-state index contributed by atoms with van der Waals surface area (Å²) < 4.78 is 0.459. The molecule has 77 valence electrons. The fraction of sp³-hybridized carbons (Fsp3) is 0.500. The van der Waals surface area contributed by atoms with Gasteiger partial charge in [0.25, 0.3) is 0 Å². The maximum absolute atomic E-state index is 5.36. The van der Waals surface area contributed by atoms with Crippen LogP contribution in [0.4, 0.5) is 0 Å². The molecule has 0 aliphatic heterocycles. The zero-order valence-corrected chi connectivity index (χ0v) is 14.5. The molecule has 0 saturated heterocycles. The van der Waals surface area contributed by atoms with Gasteiger partial charge in [0.2, 0.25) is 0 Å². The predicted molar refractivity (Wildman–Crippen MR) is 62.2 cm³/mol. The van der Waals surface area contributed by atoms with E-state index in [1.165, 1.54) is 0 Å². The summed E-state index contributed by atoms with van der Waals surface area (Å²) in [6.45, 7) is 0.321. The normalized spacial score (nSPS) is 10.1. The fourth-order valence-corrected chi connectivity index (χ4v) is 0.845. The molecule has 0 aliphatic carbocycles. The van der Waals surface area contributed by atoms with E-state index in [0.717, 1.165) is 0 Å². The number of nitrogens with two attached hydrogens (primary N) is 1. The van der Waals surface area contributed by atoms with Gasteiger partial charge in [-0.05, 0) is 4.32 Å². The largest absolute Gasteiger partial charge is 2.00 e. The molecule has 5 N–H and O–H groups in total. The first kappa shape index (κ1) is 20.7. The third-order valence-electron chi connectivity index (χ3n) is 0.876. The van der Waals surface area contributed by atoms with Gasteiger partial charge in [-0.2, -0.15) is 0 Å². The number of hydrogen-bond donors (Lipinski definition) is 4. The van der Waals surface area contributed by atoms with Crippen LogP contribution in [0.15, 0.2) is 0 Å². The monoisotopic (exact) mass is 359 g/mol. The topological polar surface area (TPSA) is 62.1 Å². The van der Waals surface area contributed by atoms with Crippen LogP contribution >= 0.6 is 24.4 Å². The van der Waals surface area contributed by atoms with Crippen LogP contribution in [0.25, 0.3) is 0 Å². The van der Waals surface area contributed by atoms with Crippen molar-refractivity contribution < 1.29 is 36.5 Å². The van der Waals surface area contributed by atoms with E-state index in [4.69, 9.17) is 5.73 Å². The van der Waals surface area contributed by atoms with Gasteiger partial charge in [-0.15, -0.1) is 0 Å². The number of nitrogens with one attached hydrogen (secondary N) is 3. The third kappa shape index (κ3) is 13.3. The van der Waals surface area contributed by atoms with Crippen molar-refractivity contribution in [1.82, 2.24) is 16.2 Å². The van der Waals surface area contributed by atoms with Crippen LogP contribution in [0.5, 0.6) is 0 Å². The molecule has 0 heterocycles. The van der Waals surface area contributed by atoms with Gasteiger partial charge in [0.05, 0.1) is 0 Å². The van der Waals surface area contributed by atoms with Crippen LogP contribution in [0.1, 0.15) is 0 Å². The van der Waals surface area contributed by atoms with E-state index in [1.54, 1.807) is 0 Å². The van der Waals surface area contributed by atoms with Crippen molar-refractivity contribution in [3.63, 3.8) is 0 Å². The Kier molecular flexibility index (Phi) is 18.2. The van der Waals surface area contributed by atoms with Crippen LogP contribution in [0.3, 0.4) is 0 Å². The van der Waals surface area contributed by atoms with Crippen molar-refractivity contribution in [3.05, 3.63) is 0 Å². The van der Waals surface area contributed by atoms with Gasteiger partial charge < -0.3 is 66.2 Å². The second kappa shape index (κ2) is 12.4. The number of rotatable bonds is 4. The first-order valence-corrected chi connectivity index (χ1v) is 4.59. The molecule has 0 saturated carbocycles. The molecular formula is C4H8MnN4S4Zn. The van der Waals surface area contributed by atoms with E-state index in [-0.39, 0.29) is 51.4 Å². The van der Waals surface area contributed by atoms with Crippen molar-refractivity contribution in [3.8, 4) is 0 Å². The van der Waals surface area contributed by atoms with Gasteiger partial charge in [-0.3, -0.25) is 0 Å². The third-order valence-corrected chi connectivity index (χ3v) is 1.32. The smallest absolute Gasteiger partial charge is 0.412 e. The molecule has 0 bridgehead atoms. The quantitative estimate of drug-likeness (QED) is 0.161. The molecule has 4 nitrogen and oxygen atoms in total. The minimum absolute atomic E-state index is 0. The first-order valence-electron chi connectivity index (χ1n) is 2.96. The number of hydrazine groups is 1.